The standard InChI is InChI=1S/C35H38N4O3S.C31H36F4N4O3S.C29H42N4O3S2.2H2/c1-23(2)15-20-39-33(41)31(43-35(39)28-12-6-4-10-26(28)27-11-5-7-13-29(27)35)21-32(40)37-18-16-25(17-19-37)38-22-24-9-3-8-14-30(24)36-34(38)42;1-19(2)9-15-39-28(41)26(43-29(39)23-17-21(31(33,34)35)7-8-24(23)32)18-27(40)37-13-11-22(12-14-37)38-16-10-20-5-3-4-6-25(20)36-30(38)42;1-28(2,3)11-17-33-26(35)24(38-29(33)12-18-37-19-13-29)20-25(34)31-14-9-22(10-15-31)32-16-8-21-6-4-5-7-23(21)30-27(32)36;;/h3-14,23,25,31H,15-22H2,1-2H3,(H,36,42);3-8,17,19,22,26,29H,9-16,18H2,1-2H3,(H,36,42);4-7,22,24H,8-20H2,1-3H3,(H,30,36);2*1H. The number of urea groups is 3. The van der Waals surface area contributed by atoms with E-state index in [1.54, 1.807) is 28.4 Å². The highest BCUT2D eigenvalue weighted by Gasteiger charge is 2.59. The number of halogens is 4. The minimum Gasteiger partial charge on any atom is -0.342 e. The summed E-state index contributed by atoms with van der Waals surface area (Å²) in [5, 5.41) is 6.56. The Kier molecular flexibility index (Phi) is 27.8. The Morgan fingerprint density at radius 1 is 0.492 bits per heavy atom. The third-order valence-corrected chi connectivity index (χ3v) is 32.3. The zero-order valence-corrected chi connectivity index (χ0v) is 75.3. The zero-order valence-electron chi connectivity index (χ0n) is 72.0. The van der Waals surface area contributed by atoms with E-state index in [0.717, 1.165) is 145 Å². The number of alkyl halides is 3. The van der Waals surface area contributed by atoms with E-state index in [1.165, 1.54) is 21.6 Å². The molecule has 4 atom stereocenters. The van der Waals surface area contributed by atoms with Gasteiger partial charge in [-0.3, -0.25) is 28.8 Å². The van der Waals surface area contributed by atoms with E-state index in [4.69, 9.17) is 0 Å². The molecular weight excluding hydrogens is 1660 g/mol. The number of fused-ring (bicyclic) bond motifs is 8. The number of hydrogen-bond donors (Lipinski definition) is 3. The Morgan fingerprint density at radius 3 is 1.41 bits per heavy atom. The molecule has 1 aliphatic carbocycles. The maximum Gasteiger partial charge on any atom is 0.416 e. The molecule has 7 saturated heterocycles. The maximum atomic E-state index is 14.9. The first-order valence-electron chi connectivity index (χ1n) is 44.3. The van der Waals surface area contributed by atoms with Gasteiger partial charge in [0.2, 0.25) is 35.4 Å². The van der Waals surface area contributed by atoms with Gasteiger partial charge in [0.15, 0.2) is 0 Å². The van der Waals surface area contributed by atoms with Crippen LogP contribution in [0.25, 0.3) is 11.1 Å². The summed E-state index contributed by atoms with van der Waals surface area (Å²) in [5.41, 5.74) is 9.58. The third-order valence-electron chi connectivity index (χ3n) is 26.5. The number of carbonyl (C=O) groups excluding carboxylic acids is 9. The highest BCUT2D eigenvalue weighted by Crippen LogP contribution is 2.62. The van der Waals surface area contributed by atoms with E-state index in [1.807, 2.05) is 111 Å². The van der Waals surface area contributed by atoms with E-state index < -0.39 is 38.3 Å². The minimum absolute atomic E-state index is 0. The molecule has 21 nitrogen and oxygen atoms in total. The van der Waals surface area contributed by atoms with E-state index in [2.05, 4.69) is 121 Å². The highest BCUT2D eigenvalue weighted by atomic mass is 32.2. The quantitative estimate of drug-likeness (QED) is 0.0683. The van der Waals surface area contributed by atoms with Gasteiger partial charge in [-0.15, -0.1) is 35.3 Å². The Balaban J connectivity index is 0.000000161. The summed E-state index contributed by atoms with van der Waals surface area (Å²) in [5.74, 6) is 1.75. The van der Waals surface area contributed by atoms with Crippen LogP contribution in [0.3, 0.4) is 0 Å². The molecule has 124 heavy (non-hydrogen) atoms. The number of amides is 12. The summed E-state index contributed by atoms with van der Waals surface area (Å²) in [6.45, 7) is 21.8. The predicted molar refractivity (Wildman–Crippen MR) is 488 cm³/mol. The summed E-state index contributed by atoms with van der Waals surface area (Å²) < 4.78 is 55.2. The number of anilines is 3. The number of rotatable bonds is 18. The maximum absolute atomic E-state index is 14.9. The molecule has 17 rings (SSSR count). The lowest BCUT2D eigenvalue weighted by atomic mass is 9.91. The summed E-state index contributed by atoms with van der Waals surface area (Å²) in [6, 6.07) is 42.6. The Hall–Kier alpha value is -8.93. The molecule has 10 aliphatic heterocycles. The molecule has 6 aromatic carbocycles. The van der Waals surface area contributed by atoms with E-state index in [-0.39, 0.29) is 127 Å². The number of nitrogens with one attached hydrogen (secondary N) is 3. The Morgan fingerprint density at radius 2 is 0.919 bits per heavy atom. The predicted octanol–water partition coefficient (Wildman–Crippen LogP) is 18.1. The second-order valence-corrected chi connectivity index (χ2v) is 42.1. The van der Waals surface area contributed by atoms with Crippen LogP contribution >= 0.6 is 47.0 Å². The summed E-state index contributed by atoms with van der Waals surface area (Å²) >= 11 is 6.43. The van der Waals surface area contributed by atoms with Crippen LogP contribution in [0.2, 0.25) is 0 Å². The topological polar surface area (TPSA) is 219 Å². The lowest BCUT2D eigenvalue weighted by Gasteiger charge is -2.41. The summed E-state index contributed by atoms with van der Waals surface area (Å²) in [6.07, 6.45) is 5.97. The molecule has 29 heteroatoms. The van der Waals surface area contributed by atoms with E-state index in [0.29, 0.717) is 96.7 Å². The molecule has 6 aromatic rings. The number of benzene rings is 6. The van der Waals surface area contributed by atoms with Crippen LogP contribution in [0.4, 0.5) is 49.0 Å². The normalized spacial score (nSPS) is 22.2. The second kappa shape index (κ2) is 38.3. The van der Waals surface area contributed by atoms with Gasteiger partial charge in [0.1, 0.15) is 16.1 Å². The van der Waals surface area contributed by atoms with Crippen molar-refractivity contribution in [2.75, 3.05) is 99.4 Å². The molecule has 3 N–H and O–H groups in total. The first kappa shape index (κ1) is 89.9. The van der Waals surface area contributed by atoms with Gasteiger partial charge in [-0.05, 0) is 176 Å². The fourth-order valence-corrected chi connectivity index (χ4v) is 25.8. The van der Waals surface area contributed by atoms with Crippen LogP contribution in [0, 0.1) is 23.1 Å². The van der Waals surface area contributed by atoms with Crippen molar-refractivity contribution in [2.24, 2.45) is 17.3 Å². The van der Waals surface area contributed by atoms with Crippen molar-refractivity contribution < 1.29 is 63.6 Å². The minimum atomic E-state index is -4.65. The molecule has 2 spiro atoms. The molecule has 0 radical (unpaired) electrons. The van der Waals surface area contributed by atoms with Gasteiger partial charge in [0.25, 0.3) is 0 Å². The fraction of sp³-hybridized carbons (Fsp3) is 0.526. The third kappa shape index (κ3) is 19.6. The first-order chi connectivity index (χ1) is 59.4. The number of hydrogen-bond acceptors (Lipinski definition) is 13. The zero-order chi connectivity index (χ0) is 87.5. The first-order valence-corrected chi connectivity index (χ1v) is 48.2. The molecule has 12 amide bonds. The van der Waals surface area contributed by atoms with Gasteiger partial charge >= 0.3 is 24.3 Å². The van der Waals surface area contributed by atoms with Gasteiger partial charge in [-0.1, -0.05) is 152 Å². The van der Waals surface area contributed by atoms with Crippen LogP contribution in [0.15, 0.2) is 140 Å². The van der Waals surface area contributed by atoms with Crippen molar-refractivity contribution in [1.82, 2.24) is 44.1 Å². The molecule has 10 heterocycles. The number of nitrogens with zero attached hydrogens (tertiary/aromatic N) is 9. The van der Waals surface area contributed by atoms with Crippen molar-refractivity contribution in [3.63, 3.8) is 0 Å². The molecule has 0 aromatic heterocycles. The van der Waals surface area contributed by atoms with Crippen molar-refractivity contribution in [3.05, 3.63) is 184 Å². The summed E-state index contributed by atoms with van der Waals surface area (Å²) in [7, 11) is 0. The van der Waals surface area contributed by atoms with Crippen molar-refractivity contribution in [1.29, 1.82) is 0 Å². The van der Waals surface area contributed by atoms with Crippen molar-refractivity contribution in [3.8, 4) is 11.1 Å². The van der Waals surface area contributed by atoms with Gasteiger partial charge in [0.05, 0.1) is 26.2 Å². The highest BCUT2D eigenvalue weighted by molar-refractivity contribution is 8.03. The number of carbonyl (C=O) groups is 9. The molecule has 666 valence electrons. The van der Waals surface area contributed by atoms with E-state index >= 15 is 0 Å². The van der Waals surface area contributed by atoms with Crippen LogP contribution in [0.5, 0.6) is 0 Å². The monoisotopic (exact) mass is 1780 g/mol. The smallest absolute Gasteiger partial charge is 0.342 e. The van der Waals surface area contributed by atoms with Crippen LogP contribution in [-0.4, -0.2) is 220 Å². The molecule has 4 unspecified atom stereocenters. The average molecular weight is 1780 g/mol. The van der Waals surface area contributed by atoms with E-state index in [9.17, 15) is 60.7 Å². The van der Waals surface area contributed by atoms with Crippen LogP contribution in [-0.2, 0) is 59.2 Å². The molecule has 11 aliphatic rings. The van der Waals surface area contributed by atoms with Crippen LogP contribution < -0.4 is 16.0 Å². The fourth-order valence-electron chi connectivity index (χ4n) is 19.4. The van der Waals surface area contributed by atoms with Gasteiger partial charge in [-0.2, -0.15) is 24.9 Å². The largest absolute Gasteiger partial charge is 0.416 e. The van der Waals surface area contributed by atoms with Gasteiger partial charge in [0, 0.05) is 153 Å². The van der Waals surface area contributed by atoms with Gasteiger partial charge < -0.3 is 60.0 Å². The SMILES string of the molecule is CC(C)(C)CCN1C(=O)C(CC(=O)N2CCC(N3CCc4ccccc4NC3=O)CC2)SC12CCSCC2.CC(C)CCN1C(=O)C(CC(=O)N2CCC(N3CCc4ccccc4NC3=O)CC2)SC1c1cc(C(F)(F)F)ccc1F.CC(C)CCN1C(=O)C(CC(=O)N2CCC(N3Cc4ccccc4NC3=O)CC2)SC12c1ccccc1-c1ccccc12.[HH].[HH]. The Labute approximate surface area is 745 Å². The Bertz CT molecular complexity index is 4910. The van der Waals surface area contributed by atoms with Gasteiger partial charge in [-0.25, -0.2) is 18.8 Å². The second-order valence-electron chi connectivity index (χ2n) is 36.6. The molecular formula is C95H120F4N12O9S4. The lowest BCUT2D eigenvalue weighted by molar-refractivity contribution is -0.138. The number of likely N-dealkylation sites (tertiary alicyclic amines) is 3. The number of para-hydroxylation sites is 3. The molecule has 0 bridgehead atoms. The van der Waals surface area contributed by atoms with Crippen LogP contribution in [0.1, 0.15) is 186 Å². The number of thioether (sulfide) groups is 4. The van der Waals surface area contributed by atoms with Crippen molar-refractivity contribution >= 4 is 118 Å². The average Bonchev–Trinajstić information content (AvgIpc) is 1.53. The molecule has 7 fully saturated rings. The summed E-state index contributed by atoms with van der Waals surface area (Å²) in [4.78, 5) is 137. The number of piperidine rings is 3. The lowest BCUT2D eigenvalue weighted by Crippen LogP contribution is -2.51. The van der Waals surface area contributed by atoms with Crippen molar-refractivity contribution in [2.45, 2.75) is 213 Å². The molecule has 0 saturated carbocycles.